The summed E-state index contributed by atoms with van der Waals surface area (Å²) in [6.07, 6.45) is 1.72. The summed E-state index contributed by atoms with van der Waals surface area (Å²) in [5.41, 5.74) is 4.01. The van der Waals surface area contributed by atoms with E-state index >= 15 is 0 Å². The Kier molecular flexibility index (Phi) is 5.88. The van der Waals surface area contributed by atoms with Crippen LogP contribution in [0.2, 0.25) is 0 Å². The van der Waals surface area contributed by atoms with E-state index in [9.17, 15) is 14.4 Å². The molecule has 4 rings (SSSR count). The van der Waals surface area contributed by atoms with Crippen molar-refractivity contribution in [2.75, 3.05) is 6.61 Å². The molecule has 0 saturated carbocycles. The number of carbonyl (C=O) groups is 2. The van der Waals surface area contributed by atoms with Crippen molar-refractivity contribution in [3.05, 3.63) is 81.0 Å². The number of thioether (sulfide) groups is 1. The average molecular weight is 453 g/mol. The molecule has 1 N–H and O–H groups in total. The molecule has 3 aromatic rings. The van der Waals surface area contributed by atoms with Crippen molar-refractivity contribution < 1.29 is 18.7 Å². The molecule has 9 heteroatoms. The quantitative estimate of drug-likeness (QED) is 0.361. The van der Waals surface area contributed by atoms with Gasteiger partial charge in [0.05, 0.1) is 4.91 Å². The summed E-state index contributed by atoms with van der Waals surface area (Å²) in [4.78, 5) is 36.9. The van der Waals surface area contributed by atoms with Crippen LogP contribution in [0.25, 0.3) is 17.0 Å². The minimum atomic E-state index is -0.553. The summed E-state index contributed by atoms with van der Waals surface area (Å²) >= 11 is 6.32. The van der Waals surface area contributed by atoms with Crippen molar-refractivity contribution in [2.24, 2.45) is 0 Å². The summed E-state index contributed by atoms with van der Waals surface area (Å²) in [7, 11) is 0. The van der Waals surface area contributed by atoms with Gasteiger partial charge in [0, 0.05) is 17.5 Å². The molecule has 1 aliphatic rings. The largest absolute Gasteiger partial charge is 0.484 e. The van der Waals surface area contributed by atoms with E-state index in [4.69, 9.17) is 21.4 Å². The zero-order valence-corrected chi connectivity index (χ0v) is 17.9. The van der Waals surface area contributed by atoms with E-state index in [0.29, 0.717) is 16.2 Å². The number of aryl methyl sites for hydroxylation is 1. The minimum Gasteiger partial charge on any atom is -0.484 e. The first-order valence-electron chi connectivity index (χ1n) is 9.20. The highest BCUT2D eigenvalue weighted by Crippen LogP contribution is 2.31. The summed E-state index contributed by atoms with van der Waals surface area (Å²) in [6.45, 7) is 1.46. The fourth-order valence-corrected chi connectivity index (χ4v) is 4.15. The highest BCUT2D eigenvalue weighted by molar-refractivity contribution is 8.26. The molecule has 0 aliphatic carbocycles. The molecule has 156 valence electrons. The number of rotatable bonds is 5. The van der Waals surface area contributed by atoms with Crippen molar-refractivity contribution in [3.8, 4) is 5.75 Å². The lowest BCUT2D eigenvalue weighted by atomic mass is 10.1. The molecule has 31 heavy (non-hydrogen) atoms. The Balaban J connectivity index is 1.40. The molecule has 7 nitrogen and oxygen atoms in total. The van der Waals surface area contributed by atoms with Crippen LogP contribution in [0.1, 0.15) is 11.1 Å². The Labute approximate surface area is 186 Å². The summed E-state index contributed by atoms with van der Waals surface area (Å²) < 4.78 is 10.9. The third kappa shape index (κ3) is 4.68. The smallest absolute Gasteiger partial charge is 0.336 e. The van der Waals surface area contributed by atoms with Crippen LogP contribution in [-0.4, -0.2) is 27.8 Å². The molecule has 1 fully saturated rings. The number of benzene rings is 2. The van der Waals surface area contributed by atoms with Gasteiger partial charge in [-0.25, -0.2) is 4.79 Å². The normalized spacial score (nSPS) is 15.0. The van der Waals surface area contributed by atoms with Crippen LogP contribution in [0, 0.1) is 6.92 Å². The lowest BCUT2D eigenvalue weighted by Gasteiger charge is -2.16. The molecule has 0 radical (unpaired) electrons. The predicted molar refractivity (Wildman–Crippen MR) is 122 cm³/mol. The number of carbonyl (C=O) groups excluding carboxylic acids is 2. The van der Waals surface area contributed by atoms with E-state index in [2.05, 4.69) is 5.43 Å². The van der Waals surface area contributed by atoms with Crippen molar-refractivity contribution in [1.82, 2.24) is 10.4 Å². The number of thiocarbonyl (C=S) groups is 1. The monoisotopic (exact) mass is 452 g/mol. The molecular formula is C22H16N2O5S2. The van der Waals surface area contributed by atoms with Gasteiger partial charge >= 0.3 is 5.63 Å². The van der Waals surface area contributed by atoms with Crippen LogP contribution in [-0.2, 0) is 9.59 Å². The maximum atomic E-state index is 12.6. The van der Waals surface area contributed by atoms with Crippen LogP contribution in [0.15, 0.2) is 68.7 Å². The van der Waals surface area contributed by atoms with Crippen LogP contribution in [0.5, 0.6) is 5.75 Å². The first-order valence-corrected chi connectivity index (χ1v) is 10.4. The molecule has 1 saturated heterocycles. The van der Waals surface area contributed by atoms with Gasteiger partial charge in [-0.05, 0) is 48.5 Å². The molecule has 0 unspecified atom stereocenters. The lowest BCUT2D eigenvalue weighted by molar-refractivity contribution is -0.134. The van der Waals surface area contributed by atoms with E-state index in [1.165, 1.54) is 6.07 Å². The topological polar surface area (TPSA) is 88.8 Å². The summed E-state index contributed by atoms with van der Waals surface area (Å²) in [6, 6.07) is 15.7. The van der Waals surface area contributed by atoms with Gasteiger partial charge in [-0.1, -0.05) is 42.1 Å². The minimum absolute atomic E-state index is 0.225. The highest BCUT2D eigenvalue weighted by Gasteiger charge is 2.33. The van der Waals surface area contributed by atoms with E-state index in [1.54, 1.807) is 24.3 Å². The van der Waals surface area contributed by atoms with Gasteiger partial charge in [0.15, 0.2) is 10.9 Å². The third-order valence-electron chi connectivity index (χ3n) is 4.42. The molecule has 1 aromatic heterocycles. The molecule has 1 aliphatic heterocycles. The third-order valence-corrected chi connectivity index (χ3v) is 5.72. The Bertz CT molecular complexity index is 1280. The van der Waals surface area contributed by atoms with Gasteiger partial charge in [-0.2, -0.15) is 5.01 Å². The van der Waals surface area contributed by atoms with E-state index in [0.717, 1.165) is 33.3 Å². The lowest BCUT2D eigenvalue weighted by Crippen LogP contribution is -2.46. The average Bonchev–Trinajstić information content (AvgIpc) is 3.00. The van der Waals surface area contributed by atoms with E-state index in [1.807, 2.05) is 37.3 Å². The first-order chi connectivity index (χ1) is 14.9. The Morgan fingerprint density at radius 2 is 1.97 bits per heavy atom. The molecular weight excluding hydrogens is 436 g/mol. The van der Waals surface area contributed by atoms with E-state index in [-0.39, 0.29) is 10.9 Å². The second-order valence-corrected chi connectivity index (χ2v) is 8.33. The molecule has 0 bridgehead atoms. The maximum Gasteiger partial charge on any atom is 0.336 e. The molecule has 2 heterocycles. The number of ether oxygens (including phenoxy) is 1. The summed E-state index contributed by atoms with van der Waals surface area (Å²) in [5, 5.41) is 1.81. The fraction of sp³-hybridized carbons (Fsp3) is 0.0909. The van der Waals surface area contributed by atoms with E-state index < -0.39 is 17.4 Å². The van der Waals surface area contributed by atoms with Crippen LogP contribution in [0.4, 0.5) is 0 Å². The highest BCUT2D eigenvalue weighted by atomic mass is 32.2. The van der Waals surface area contributed by atoms with Gasteiger partial charge in [-0.3, -0.25) is 15.0 Å². The van der Waals surface area contributed by atoms with Gasteiger partial charge in [0.25, 0.3) is 11.8 Å². The van der Waals surface area contributed by atoms with Gasteiger partial charge in [0.1, 0.15) is 11.3 Å². The van der Waals surface area contributed by atoms with Crippen LogP contribution >= 0.6 is 24.0 Å². The van der Waals surface area contributed by atoms with Crippen molar-refractivity contribution in [1.29, 1.82) is 0 Å². The summed E-state index contributed by atoms with van der Waals surface area (Å²) in [5.74, 6) is -0.607. The molecule has 2 amide bonds. The number of hydrazine groups is 1. The number of nitrogens with zero attached hydrogens (tertiary/aromatic N) is 1. The SMILES string of the molecule is Cc1cc(=O)oc2cc(OCC(=O)NN3C(=O)/C(=C\c4ccccc4)SC3=S)ccc12. The second kappa shape index (κ2) is 8.75. The number of fused-ring (bicyclic) bond motifs is 1. The maximum absolute atomic E-state index is 12.6. The van der Waals surface area contributed by atoms with Crippen LogP contribution < -0.4 is 15.8 Å². The number of amides is 2. The fourth-order valence-electron chi connectivity index (χ4n) is 2.97. The number of hydrogen-bond acceptors (Lipinski definition) is 7. The zero-order chi connectivity index (χ0) is 22.0. The molecule has 2 aromatic carbocycles. The van der Waals surface area contributed by atoms with Crippen molar-refractivity contribution >= 4 is 57.2 Å². The van der Waals surface area contributed by atoms with Gasteiger partial charge in [-0.15, -0.1) is 0 Å². The van der Waals surface area contributed by atoms with Gasteiger partial charge < -0.3 is 9.15 Å². The van der Waals surface area contributed by atoms with Gasteiger partial charge in [0.2, 0.25) is 0 Å². The molecule has 0 spiro atoms. The number of nitrogens with one attached hydrogen (secondary N) is 1. The van der Waals surface area contributed by atoms with Crippen molar-refractivity contribution in [2.45, 2.75) is 6.92 Å². The van der Waals surface area contributed by atoms with Crippen LogP contribution in [0.3, 0.4) is 0 Å². The Morgan fingerprint density at radius 3 is 2.74 bits per heavy atom. The zero-order valence-electron chi connectivity index (χ0n) is 16.3. The predicted octanol–water partition coefficient (Wildman–Crippen LogP) is 3.41. The standard InChI is InChI=1S/C22H16N2O5S2/c1-13-9-20(26)29-17-11-15(7-8-16(13)17)28-12-19(25)23-24-21(27)18(31-22(24)30)10-14-5-3-2-4-6-14/h2-11H,12H2,1H3,(H,23,25)/b18-10+. The van der Waals surface area contributed by atoms with Crippen molar-refractivity contribution in [3.63, 3.8) is 0 Å². The Hall–Kier alpha value is -3.43. The number of hydrogen-bond donors (Lipinski definition) is 1. The molecule has 0 atom stereocenters. The Morgan fingerprint density at radius 1 is 1.19 bits per heavy atom. The first kappa shape index (κ1) is 20.8. The second-order valence-electron chi connectivity index (χ2n) is 6.66.